The molecule has 1 atom stereocenters. The van der Waals surface area contributed by atoms with Gasteiger partial charge in [0.05, 0.1) is 0 Å². The van der Waals surface area contributed by atoms with Gasteiger partial charge in [0, 0.05) is 11.7 Å². The van der Waals surface area contributed by atoms with Gasteiger partial charge < -0.3 is 10.4 Å². The molecule has 5 nitrogen and oxygen atoms in total. The standard InChI is InChI=1S/C16H20N2O3/c1-11-10-12-6-2-3-7-13(12)18(11)15(21)17-16(14(19)20)8-4-5-9-16/h2-3,6-7,11H,4-5,8-10H2,1H3,(H,17,21)(H,19,20). The number of carboxylic acid groups (broad SMARTS) is 1. The number of carbonyl (C=O) groups is 2. The van der Waals surface area contributed by atoms with E-state index in [0.717, 1.165) is 30.5 Å². The van der Waals surface area contributed by atoms with E-state index in [9.17, 15) is 14.7 Å². The average molecular weight is 288 g/mol. The van der Waals surface area contributed by atoms with E-state index in [2.05, 4.69) is 5.32 Å². The second-order valence-corrected chi connectivity index (χ2v) is 6.08. The lowest BCUT2D eigenvalue weighted by atomic mass is 9.98. The molecule has 112 valence electrons. The molecule has 1 aromatic rings. The highest BCUT2D eigenvalue weighted by Gasteiger charge is 2.44. The van der Waals surface area contributed by atoms with E-state index in [1.165, 1.54) is 0 Å². The largest absolute Gasteiger partial charge is 0.480 e. The molecule has 2 aliphatic rings. The fourth-order valence-corrected chi connectivity index (χ4v) is 3.51. The number of anilines is 1. The molecule has 0 aromatic heterocycles. The van der Waals surface area contributed by atoms with Gasteiger partial charge in [0.15, 0.2) is 0 Å². The third-order valence-corrected chi connectivity index (χ3v) is 4.64. The van der Waals surface area contributed by atoms with Crippen LogP contribution in [0.1, 0.15) is 38.2 Å². The topological polar surface area (TPSA) is 69.6 Å². The maximum atomic E-state index is 12.6. The summed E-state index contributed by atoms with van der Waals surface area (Å²) in [5.74, 6) is -0.923. The Labute approximate surface area is 123 Å². The van der Waals surface area contributed by atoms with Gasteiger partial charge in [0.1, 0.15) is 5.54 Å². The van der Waals surface area contributed by atoms with Crippen LogP contribution in [0, 0.1) is 0 Å². The summed E-state index contributed by atoms with van der Waals surface area (Å²) in [6.07, 6.45) is 3.52. The second kappa shape index (κ2) is 5.06. The third kappa shape index (κ3) is 2.26. The molecule has 1 saturated carbocycles. The van der Waals surface area contributed by atoms with Gasteiger partial charge in [-0.3, -0.25) is 4.90 Å². The Kier molecular flexibility index (Phi) is 3.35. The summed E-state index contributed by atoms with van der Waals surface area (Å²) in [4.78, 5) is 25.9. The zero-order valence-corrected chi connectivity index (χ0v) is 12.1. The highest BCUT2D eigenvalue weighted by molar-refractivity contribution is 5.98. The summed E-state index contributed by atoms with van der Waals surface area (Å²) in [5, 5.41) is 12.3. The van der Waals surface area contributed by atoms with E-state index in [4.69, 9.17) is 0 Å². The predicted octanol–water partition coefficient (Wildman–Crippen LogP) is 2.54. The summed E-state index contributed by atoms with van der Waals surface area (Å²) in [7, 11) is 0. The minimum Gasteiger partial charge on any atom is -0.480 e. The monoisotopic (exact) mass is 288 g/mol. The van der Waals surface area contributed by atoms with Gasteiger partial charge in [-0.25, -0.2) is 9.59 Å². The van der Waals surface area contributed by atoms with Crippen molar-refractivity contribution < 1.29 is 14.7 Å². The first-order valence-corrected chi connectivity index (χ1v) is 7.46. The van der Waals surface area contributed by atoms with E-state index in [0.29, 0.717) is 12.8 Å². The second-order valence-electron chi connectivity index (χ2n) is 6.08. The van der Waals surface area contributed by atoms with Gasteiger partial charge in [-0.2, -0.15) is 0 Å². The zero-order chi connectivity index (χ0) is 15.0. The normalized spacial score (nSPS) is 22.9. The molecule has 1 aromatic carbocycles. The maximum absolute atomic E-state index is 12.6. The number of hydrogen-bond donors (Lipinski definition) is 2. The molecule has 5 heteroatoms. The smallest absolute Gasteiger partial charge is 0.329 e. The molecule has 0 bridgehead atoms. The Balaban J connectivity index is 1.84. The number of urea groups is 1. The Morgan fingerprint density at radius 2 is 1.95 bits per heavy atom. The van der Waals surface area contributed by atoms with Gasteiger partial charge in [0.2, 0.25) is 0 Å². The number of aliphatic carboxylic acids is 1. The molecule has 0 saturated heterocycles. The molecule has 1 heterocycles. The van der Waals surface area contributed by atoms with Crippen molar-refractivity contribution in [2.45, 2.75) is 50.6 Å². The lowest BCUT2D eigenvalue weighted by molar-refractivity contribution is -0.144. The number of nitrogens with zero attached hydrogens (tertiary/aromatic N) is 1. The first-order valence-electron chi connectivity index (χ1n) is 7.46. The van der Waals surface area contributed by atoms with Crippen LogP contribution < -0.4 is 10.2 Å². The van der Waals surface area contributed by atoms with Crippen molar-refractivity contribution in [3.63, 3.8) is 0 Å². The lowest BCUT2D eigenvalue weighted by Crippen LogP contribution is -2.57. The van der Waals surface area contributed by atoms with Crippen molar-refractivity contribution >= 4 is 17.7 Å². The fourth-order valence-electron chi connectivity index (χ4n) is 3.51. The minimum absolute atomic E-state index is 0.0506. The van der Waals surface area contributed by atoms with Crippen molar-refractivity contribution in [1.82, 2.24) is 5.32 Å². The first-order chi connectivity index (χ1) is 10.0. The molecule has 21 heavy (non-hydrogen) atoms. The number of benzene rings is 1. The molecule has 1 fully saturated rings. The SMILES string of the molecule is CC1Cc2ccccc2N1C(=O)NC1(C(=O)O)CCCC1. The Hall–Kier alpha value is -2.04. The molecule has 3 rings (SSSR count). The van der Waals surface area contributed by atoms with Crippen LogP contribution in [0.2, 0.25) is 0 Å². The number of rotatable bonds is 2. The average Bonchev–Trinajstić information content (AvgIpc) is 3.02. The number of carbonyl (C=O) groups excluding carboxylic acids is 1. The van der Waals surface area contributed by atoms with E-state index < -0.39 is 11.5 Å². The van der Waals surface area contributed by atoms with Gasteiger partial charge in [0.25, 0.3) is 0 Å². The van der Waals surface area contributed by atoms with Gasteiger partial charge in [-0.1, -0.05) is 31.0 Å². The summed E-state index contributed by atoms with van der Waals surface area (Å²) in [6, 6.07) is 7.55. The third-order valence-electron chi connectivity index (χ3n) is 4.64. The van der Waals surface area contributed by atoms with Crippen LogP contribution in [0.3, 0.4) is 0 Å². The van der Waals surface area contributed by atoms with E-state index in [1.54, 1.807) is 4.90 Å². The van der Waals surface area contributed by atoms with Gasteiger partial charge in [-0.05, 0) is 37.8 Å². The highest BCUT2D eigenvalue weighted by atomic mass is 16.4. The molecule has 2 amide bonds. The van der Waals surface area contributed by atoms with E-state index in [1.807, 2.05) is 31.2 Å². The summed E-state index contributed by atoms with van der Waals surface area (Å²) in [6.45, 7) is 1.99. The fraction of sp³-hybridized carbons (Fsp3) is 0.500. The molecule has 0 spiro atoms. The number of nitrogens with one attached hydrogen (secondary N) is 1. The first kappa shape index (κ1) is 13.9. The molecule has 1 unspecified atom stereocenters. The molecule has 1 aliphatic carbocycles. The number of para-hydroxylation sites is 1. The van der Waals surface area contributed by atoms with Crippen molar-refractivity contribution in [3.8, 4) is 0 Å². The van der Waals surface area contributed by atoms with E-state index in [-0.39, 0.29) is 12.1 Å². The molecular formula is C16H20N2O3. The zero-order valence-electron chi connectivity index (χ0n) is 12.1. The maximum Gasteiger partial charge on any atom is 0.329 e. The van der Waals surface area contributed by atoms with Crippen molar-refractivity contribution in [2.24, 2.45) is 0 Å². The van der Waals surface area contributed by atoms with Crippen LogP contribution in [0.4, 0.5) is 10.5 Å². The van der Waals surface area contributed by atoms with Crippen LogP contribution in [0.5, 0.6) is 0 Å². The predicted molar refractivity (Wildman–Crippen MR) is 79.5 cm³/mol. The van der Waals surface area contributed by atoms with Crippen LogP contribution in [-0.2, 0) is 11.2 Å². The quantitative estimate of drug-likeness (QED) is 0.878. The van der Waals surface area contributed by atoms with Crippen LogP contribution in [0.25, 0.3) is 0 Å². The Morgan fingerprint density at radius 1 is 1.29 bits per heavy atom. The minimum atomic E-state index is -1.09. The van der Waals surface area contributed by atoms with Crippen molar-refractivity contribution in [3.05, 3.63) is 29.8 Å². The van der Waals surface area contributed by atoms with E-state index >= 15 is 0 Å². The summed E-state index contributed by atoms with van der Waals surface area (Å²) < 4.78 is 0. The Bertz CT molecular complexity index is 579. The van der Waals surface area contributed by atoms with Gasteiger partial charge in [-0.15, -0.1) is 0 Å². The number of fused-ring (bicyclic) bond motifs is 1. The number of amides is 2. The Morgan fingerprint density at radius 3 is 2.62 bits per heavy atom. The summed E-state index contributed by atoms with van der Waals surface area (Å²) >= 11 is 0. The molecular weight excluding hydrogens is 268 g/mol. The lowest BCUT2D eigenvalue weighted by Gasteiger charge is -2.30. The molecule has 0 radical (unpaired) electrons. The highest BCUT2D eigenvalue weighted by Crippen LogP contribution is 2.34. The van der Waals surface area contributed by atoms with Crippen LogP contribution in [0.15, 0.2) is 24.3 Å². The summed E-state index contributed by atoms with van der Waals surface area (Å²) in [5.41, 5.74) is 0.936. The van der Waals surface area contributed by atoms with Crippen LogP contribution >= 0.6 is 0 Å². The van der Waals surface area contributed by atoms with Gasteiger partial charge >= 0.3 is 12.0 Å². The van der Waals surface area contributed by atoms with Crippen molar-refractivity contribution in [1.29, 1.82) is 0 Å². The molecule has 2 N–H and O–H groups in total. The van der Waals surface area contributed by atoms with Crippen molar-refractivity contribution in [2.75, 3.05) is 4.90 Å². The molecule has 1 aliphatic heterocycles. The number of carboxylic acids is 1. The number of hydrogen-bond acceptors (Lipinski definition) is 2. The van der Waals surface area contributed by atoms with Crippen LogP contribution in [-0.4, -0.2) is 28.7 Å².